The van der Waals surface area contributed by atoms with Crippen LogP contribution in [0.25, 0.3) is 0 Å². The van der Waals surface area contributed by atoms with E-state index in [1.54, 1.807) is 6.92 Å². The van der Waals surface area contributed by atoms with Gasteiger partial charge in [0, 0.05) is 24.7 Å². The van der Waals surface area contributed by atoms with Crippen LogP contribution in [0.5, 0.6) is 0 Å². The lowest BCUT2D eigenvalue weighted by Gasteiger charge is -2.21. The number of aliphatic hydroxyl groups is 1. The molecule has 1 amide bonds. The van der Waals surface area contributed by atoms with Crippen LogP contribution in [0, 0.1) is 0 Å². The third kappa shape index (κ3) is 4.47. The fourth-order valence-corrected chi connectivity index (χ4v) is 4.63. The molecule has 1 atom stereocenters. The Hall–Kier alpha value is -1.15. The number of nitrogens with zero attached hydrogens (tertiary/aromatic N) is 1. The largest absolute Gasteiger partial charge is 0.394 e. The molecule has 134 valence electrons. The average Bonchev–Trinajstić information content (AvgIpc) is 2.84. The minimum atomic E-state index is -3.73. The van der Waals surface area contributed by atoms with Gasteiger partial charge in [0.05, 0.1) is 11.6 Å². The van der Waals surface area contributed by atoms with Crippen LogP contribution in [0.3, 0.4) is 0 Å². The van der Waals surface area contributed by atoms with E-state index in [1.165, 1.54) is 22.5 Å². The summed E-state index contributed by atoms with van der Waals surface area (Å²) < 4.78 is 27.2. The molecule has 0 aliphatic carbocycles. The standard InChI is InChI=1S/C16H23ClN2O4S/c1-12(11-20)18-16(21)13-6-7-14(17)15(10-13)24(22,23)19-8-4-2-3-5-9-19/h6-7,10,12,20H,2-5,8-9,11H2,1H3,(H,18,21)/t12-/m1/s1. The molecule has 0 radical (unpaired) electrons. The maximum absolute atomic E-state index is 12.9. The summed E-state index contributed by atoms with van der Waals surface area (Å²) in [5, 5.41) is 11.7. The first-order valence-corrected chi connectivity index (χ1v) is 9.89. The number of hydrogen-bond donors (Lipinski definition) is 2. The lowest BCUT2D eigenvalue weighted by molar-refractivity contribution is 0.0922. The molecular formula is C16H23ClN2O4S. The first-order chi connectivity index (χ1) is 11.4. The van der Waals surface area contributed by atoms with Crippen LogP contribution in [0.15, 0.2) is 23.1 Å². The van der Waals surface area contributed by atoms with Crippen molar-refractivity contribution in [1.29, 1.82) is 0 Å². The van der Waals surface area contributed by atoms with Crippen molar-refractivity contribution >= 4 is 27.5 Å². The van der Waals surface area contributed by atoms with Crippen LogP contribution in [0.4, 0.5) is 0 Å². The molecule has 6 nitrogen and oxygen atoms in total. The Morgan fingerprint density at radius 3 is 2.50 bits per heavy atom. The van der Waals surface area contributed by atoms with Gasteiger partial charge in [0.15, 0.2) is 0 Å². The molecule has 2 N–H and O–H groups in total. The molecule has 1 aromatic carbocycles. The summed E-state index contributed by atoms with van der Waals surface area (Å²) in [4.78, 5) is 12.1. The van der Waals surface area contributed by atoms with Crippen molar-refractivity contribution in [3.63, 3.8) is 0 Å². The highest BCUT2D eigenvalue weighted by Crippen LogP contribution is 2.27. The molecule has 1 aliphatic heterocycles. The van der Waals surface area contributed by atoms with E-state index in [4.69, 9.17) is 16.7 Å². The zero-order valence-electron chi connectivity index (χ0n) is 13.7. The van der Waals surface area contributed by atoms with Crippen molar-refractivity contribution in [1.82, 2.24) is 9.62 Å². The molecule has 1 saturated heterocycles. The number of sulfonamides is 1. The topological polar surface area (TPSA) is 86.7 Å². The normalized spacial score (nSPS) is 18.0. The molecule has 24 heavy (non-hydrogen) atoms. The summed E-state index contributed by atoms with van der Waals surface area (Å²) in [5.41, 5.74) is 0.202. The van der Waals surface area contributed by atoms with E-state index in [-0.39, 0.29) is 22.1 Å². The third-order valence-electron chi connectivity index (χ3n) is 4.03. The number of hydrogen-bond acceptors (Lipinski definition) is 4. The SMILES string of the molecule is C[C@H](CO)NC(=O)c1ccc(Cl)c(S(=O)(=O)N2CCCCCC2)c1. The van der Waals surface area contributed by atoms with Crippen molar-refractivity contribution in [2.75, 3.05) is 19.7 Å². The molecule has 0 aromatic heterocycles. The second kappa shape index (κ2) is 8.29. The molecular weight excluding hydrogens is 352 g/mol. The predicted molar refractivity (Wildman–Crippen MR) is 92.7 cm³/mol. The van der Waals surface area contributed by atoms with Crippen LogP contribution in [0.2, 0.25) is 5.02 Å². The van der Waals surface area contributed by atoms with Gasteiger partial charge in [-0.05, 0) is 38.0 Å². The van der Waals surface area contributed by atoms with E-state index in [2.05, 4.69) is 5.32 Å². The van der Waals surface area contributed by atoms with Gasteiger partial charge < -0.3 is 10.4 Å². The summed E-state index contributed by atoms with van der Waals surface area (Å²) >= 11 is 6.10. The molecule has 1 heterocycles. The van der Waals surface area contributed by atoms with Crippen LogP contribution in [-0.4, -0.2) is 49.5 Å². The predicted octanol–water partition coefficient (Wildman–Crippen LogP) is 2.02. The number of halogens is 1. The number of amides is 1. The van der Waals surface area contributed by atoms with Gasteiger partial charge in [0.1, 0.15) is 4.90 Å². The van der Waals surface area contributed by atoms with Crippen LogP contribution >= 0.6 is 11.6 Å². The van der Waals surface area contributed by atoms with Gasteiger partial charge in [0.2, 0.25) is 10.0 Å². The van der Waals surface area contributed by atoms with E-state index in [1.807, 2.05) is 0 Å². The average molecular weight is 375 g/mol. The highest BCUT2D eigenvalue weighted by atomic mass is 35.5. The lowest BCUT2D eigenvalue weighted by atomic mass is 10.2. The number of aliphatic hydroxyl groups excluding tert-OH is 1. The smallest absolute Gasteiger partial charge is 0.251 e. The van der Waals surface area contributed by atoms with E-state index >= 15 is 0 Å². The Morgan fingerprint density at radius 1 is 1.29 bits per heavy atom. The zero-order chi connectivity index (χ0) is 17.7. The Kier molecular flexibility index (Phi) is 6.62. The molecule has 0 bridgehead atoms. The number of carbonyl (C=O) groups excluding carboxylic acids is 1. The number of rotatable bonds is 5. The maximum atomic E-state index is 12.9. The number of nitrogens with one attached hydrogen (secondary N) is 1. The quantitative estimate of drug-likeness (QED) is 0.825. The molecule has 8 heteroatoms. The van der Waals surface area contributed by atoms with E-state index in [0.29, 0.717) is 13.1 Å². The second-order valence-corrected chi connectivity index (χ2v) is 8.33. The molecule has 0 unspecified atom stereocenters. The van der Waals surface area contributed by atoms with Crippen molar-refractivity contribution in [2.24, 2.45) is 0 Å². The van der Waals surface area contributed by atoms with E-state index in [9.17, 15) is 13.2 Å². The summed E-state index contributed by atoms with van der Waals surface area (Å²) in [6.45, 7) is 2.40. The molecule has 0 spiro atoms. The Balaban J connectivity index is 2.31. The summed E-state index contributed by atoms with van der Waals surface area (Å²) in [6, 6.07) is 3.79. The van der Waals surface area contributed by atoms with Gasteiger partial charge in [-0.3, -0.25) is 4.79 Å². The Morgan fingerprint density at radius 2 is 1.92 bits per heavy atom. The van der Waals surface area contributed by atoms with Gasteiger partial charge >= 0.3 is 0 Å². The van der Waals surface area contributed by atoms with Gasteiger partial charge in [-0.25, -0.2) is 8.42 Å². The Bertz CT molecular complexity index is 685. The van der Waals surface area contributed by atoms with Crippen molar-refractivity contribution in [3.05, 3.63) is 28.8 Å². The van der Waals surface area contributed by atoms with Gasteiger partial charge in [-0.2, -0.15) is 4.31 Å². The van der Waals surface area contributed by atoms with Crippen molar-refractivity contribution in [2.45, 2.75) is 43.5 Å². The summed E-state index contributed by atoms with van der Waals surface area (Å²) in [5.74, 6) is -0.444. The van der Waals surface area contributed by atoms with Crippen LogP contribution < -0.4 is 5.32 Å². The highest BCUT2D eigenvalue weighted by Gasteiger charge is 2.28. The summed E-state index contributed by atoms with van der Waals surface area (Å²) in [7, 11) is -3.73. The molecule has 1 aromatic rings. The third-order valence-corrected chi connectivity index (χ3v) is 6.41. The number of benzene rings is 1. The maximum Gasteiger partial charge on any atom is 0.251 e. The second-order valence-electron chi connectivity index (χ2n) is 6.02. The minimum Gasteiger partial charge on any atom is -0.394 e. The first kappa shape index (κ1) is 19.2. The fraction of sp³-hybridized carbons (Fsp3) is 0.562. The highest BCUT2D eigenvalue weighted by molar-refractivity contribution is 7.89. The van der Waals surface area contributed by atoms with Crippen molar-refractivity contribution in [3.8, 4) is 0 Å². The van der Waals surface area contributed by atoms with Crippen molar-refractivity contribution < 1.29 is 18.3 Å². The first-order valence-electron chi connectivity index (χ1n) is 8.07. The molecule has 1 aliphatic rings. The molecule has 2 rings (SSSR count). The number of carbonyl (C=O) groups is 1. The monoisotopic (exact) mass is 374 g/mol. The van der Waals surface area contributed by atoms with Gasteiger partial charge in [-0.1, -0.05) is 24.4 Å². The molecule has 1 fully saturated rings. The Labute approximate surface area is 147 Å². The minimum absolute atomic E-state index is 0.0460. The molecule has 0 saturated carbocycles. The lowest BCUT2D eigenvalue weighted by Crippen LogP contribution is -2.35. The van der Waals surface area contributed by atoms with Gasteiger partial charge in [-0.15, -0.1) is 0 Å². The summed E-state index contributed by atoms with van der Waals surface area (Å²) in [6.07, 6.45) is 3.68. The van der Waals surface area contributed by atoms with Crippen LogP contribution in [0.1, 0.15) is 43.0 Å². The van der Waals surface area contributed by atoms with E-state index < -0.39 is 22.0 Å². The van der Waals surface area contributed by atoms with E-state index in [0.717, 1.165) is 25.7 Å². The van der Waals surface area contributed by atoms with Gasteiger partial charge in [0.25, 0.3) is 5.91 Å². The van der Waals surface area contributed by atoms with Crippen LogP contribution in [-0.2, 0) is 10.0 Å². The zero-order valence-corrected chi connectivity index (χ0v) is 15.2. The fourth-order valence-electron chi connectivity index (χ4n) is 2.62.